The van der Waals surface area contributed by atoms with Crippen LogP contribution in [0.25, 0.3) is 0 Å². The van der Waals surface area contributed by atoms with Crippen molar-refractivity contribution in [2.45, 2.75) is 23.1 Å². The second kappa shape index (κ2) is 6.38. The van der Waals surface area contributed by atoms with Crippen molar-refractivity contribution in [3.63, 3.8) is 0 Å². The van der Waals surface area contributed by atoms with Gasteiger partial charge in [-0.2, -0.15) is 0 Å². The van der Waals surface area contributed by atoms with E-state index < -0.39 is 25.9 Å². The van der Waals surface area contributed by atoms with Crippen molar-refractivity contribution in [2.24, 2.45) is 4.99 Å². The number of hydrogen-bond donors (Lipinski definition) is 0. The molecular formula is C15H10Cl5NO2. The molecule has 0 fully saturated rings. The Hall–Kier alpha value is -0.580. The number of ketones is 1. The normalized spacial score (nSPS) is 25.9. The Morgan fingerprint density at radius 1 is 1.04 bits per heavy atom. The number of nitrogens with zero attached hydrogens (tertiary/aromatic N) is 1. The molecule has 2 rings (SSSR count). The number of hydrogen-bond acceptors (Lipinski definition) is 2. The van der Waals surface area contributed by atoms with E-state index in [1.807, 2.05) is 6.92 Å². The molecule has 1 amide bonds. The highest BCUT2D eigenvalue weighted by Crippen LogP contribution is 2.49. The maximum atomic E-state index is 12.3. The molecule has 1 unspecified atom stereocenters. The van der Waals surface area contributed by atoms with Gasteiger partial charge in [0.1, 0.15) is 9.91 Å². The van der Waals surface area contributed by atoms with Gasteiger partial charge in [-0.05, 0) is 26.0 Å². The predicted octanol–water partition coefficient (Wildman–Crippen LogP) is 5.02. The van der Waals surface area contributed by atoms with Gasteiger partial charge in [0, 0.05) is 5.56 Å². The molecule has 0 spiro atoms. The van der Waals surface area contributed by atoms with Crippen molar-refractivity contribution in [2.75, 3.05) is 0 Å². The Labute approximate surface area is 158 Å². The van der Waals surface area contributed by atoms with Crippen LogP contribution < -0.4 is 0 Å². The quantitative estimate of drug-likeness (QED) is 0.607. The molecule has 23 heavy (non-hydrogen) atoms. The molecule has 0 N–H and O–H groups in total. The topological polar surface area (TPSA) is 46.5 Å². The summed E-state index contributed by atoms with van der Waals surface area (Å²) in [5, 5.41) is -0.656. The molecule has 1 aromatic rings. The fraction of sp³-hybridized carbons (Fsp3) is 0.267. The number of Topliss-reactive ketones (excluding diaryl/α,β-unsaturated/α-hetero) is 1. The summed E-state index contributed by atoms with van der Waals surface area (Å²) in [4.78, 5) is 26.5. The number of halogens is 5. The number of aliphatic imine (C=N–C) groups is 1. The van der Waals surface area contributed by atoms with Gasteiger partial charge in [-0.3, -0.25) is 9.59 Å². The lowest BCUT2D eigenvalue weighted by Crippen LogP contribution is -2.54. The lowest BCUT2D eigenvalue weighted by molar-refractivity contribution is -0.116. The van der Waals surface area contributed by atoms with Crippen LogP contribution >= 0.6 is 58.0 Å². The molecule has 0 saturated heterocycles. The van der Waals surface area contributed by atoms with Crippen molar-refractivity contribution in [3.05, 3.63) is 45.5 Å². The smallest absolute Gasteiger partial charge is 0.277 e. The van der Waals surface area contributed by atoms with E-state index in [-0.39, 0.29) is 10.7 Å². The second-order valence-electron chi connectivity index (χ2n) is 5.17. The van der Waals surface area contributed by atoms with Crippen molar-refractivity contribution < 1.29 is 9.59 Å². The average Bonchev–Trinajstić information content (AvgIpc) is 2.49. The van der Waals surface area contributed by atoms with Crippen LogP contribution in [0.2, 0.25) is 0 Å². The molecule has 0 aliphatic heterocycles. The molecule has 0 radical (unpaired) electrons. The zero-order valence-corrected chi connectivity index (χ0v) is 15.7. The monoisotopic (exact) mass is 411 g/mol. The molecule has 0 bridgehead atoms. The number of rotatable bonds is 1. The van der Waals surface area contributed by atoms with E-state index in [1.54, 1.807) is 24.3 Å². The molecule has 1 aliphatic carbocycles. The third kappa shape index (κ3) is 3.18. The lowest BCUT2D eigenvalue weighted by atomic mass is 9.90. The van der Waals surface area contributed by atoms with Crippen LogP contribution in [0.3, 0.4) is 0 Å². The number of carbonyl (C=O) groups excluding carboxylic acids is 2. The molecule has 0 heterocycles. The van der Waals surface area contributed by atoms with Crippen molar-refractivity contribution >= 4 is 75.4 Å². The van der Waals surface area contributed by atoms with Crippen LogP contribution in [0.1, 0.15) is 22.8 Å². The molecular weight excluding hydrogens is 403 g/mol. The maximum absolute atomic E-state index is 12.3. The molecule has 1 atom stereocenters. The number of alkyl halides is 3. The van der Waals surface area contributed by atoms with Gasteiger partial charge in [0.05, 0.1) is 10.7 Å². The first-order valence-electron chi connectivity index (χ1n) is 6.37. The highest BCUT2D eigenvalue weighted by molar-refractivity contribution is 6.75. The minimum absolute atomic E-state index is 0.152. The van der Waals surface area contributed by atoms with Gasteiger partial charge in [0.15, 0.2) is 0 Å². The van der Waals surface area contributed by atoms with Crippen molar-refractivity contribution in [1.82, 2.24) is 0 Å². The number of aryl methyl sites for hydroxylation is 1. The van der Waals surface area contributed by atoms with Gasteiger partial charge in [0.2, 0.25) is 10.1 Å². The van der Waals surface area contributed by atoms with Gasteiger partial charge in [-0.1, -0.05) is 64.1 Å². The van der Waals surface area contributed by atoms with Gasteiger partial charge in [-0.15, -0.1) is 11.6 Å². The summed E-state index contributed by atoms with van der Waals surface area (Å²) < 4.78 is -2.10. The minimum Gasteiger partial charge on any atom is -0.290 e. The van der Waals surface area contributed by atoms with Crippen molar-refractivity contribution in [3.8, 4) is 0 Å². The first-order chi connectivity index (χ1) is 10.5. The van der Waals surface area contributed by atoms with Crippen LogP contribution in [-0.2, 0) is 4.79 Å². The highest BCUT2D eigenvalue weighted by atomic mass is 35.5. The summed E-state index contributed by atoms with van der Waals surface area (Å²) >= 11 is 30.3. The predicted molar refractivity (Wildman–Crippen MR) is 95.4 cm³/mol. The van der Waals surface area contributed by atoms with E-state index in [9.17, 15) is 9.59 Å². The maximum Gasteiger partial charge on any atom is 0.277 e. The van der Waals surface area contributed by atoms with E-state index >= 15 is 0 Å². The lowest BCUT2D eigenvalue weighted by Gasteiger charge is -2.37. The molecule has 0 saturated carbocycles. The summed E-state index contributed by atoms with van der Waals surface area (Å²) in [6, 6.07) is 6.73. The zero-order valence-electron chi connectivity index (χ0n) is 12.0. The van der Waals surface area contributed by atoms with Crippen LogP contribution in [0, 0.1) is 6.92 Å². The number of benzene rings is 1. The summed E-state index contributed by atoms with van der Waals surface area (Å²) in [7, 11) is 0. The number of amides is 1. The Morgan fingerprint density at radius 3 is 2.09 bits per heavy atom. The van der Waals surface area contributed by atoms with Gasteiger partial charge >= 0.3 is 0 Å². The van der Waals surface area contributed by atoms with E-state index in [0.717, 1.165) is 5.56 Å². The Bertz CT molecular complexity index is 748. The van der Waals surface area contributed by atoms with Crippen LogP contribution in [0.15, 0.2) is 39.3 Å². The summed E-state index contributed by atoms with van der Waals surface area (Å²) in [6.07, 6.45) is 0. The first-order valence-corrected chi connectivity index (χ1v) is 8.26. The van der Waals surface area contributed by atoms with Crippen molar-refractivity contribution in [1.29, 1.82) is 0 Å². The fourth-order valence-corrected chi connectivity index (χ4v) is 3.21. The third-order valence-electron chi connectivity index (χ3n) is 3.43. The zero-order chi connectivity index (χ0) is 17.6. The minimum atomic E-state index is -2.10. The van der Waals surface area contributed by atoms with Gasteiger partial charge in [0.25, 0.3) is 5.91 Å². The number of carbonyl (C=O) groups is 2. The van der Waals surface area contributed by atoms with Crippen LogP contribution in [-0.4, -0.2) is 26.6 Å². The molecule has 8 heteroatoms. The van der Waals surface area contributed by atoms with Gasteiger partial charge in [-0.25, -0.2) is 4.99 Å². The second-order valence-corrected chi connectivity index (χ2v) is 8.01. The van der Waals surface area contributed by atoms with Gasteiger partial charge < -0.3 is 0 Å². The average molecular weight is 414 g/mol. The molecule has 122 valence electrons. The van der Waals surface area contributed by atoms with E-state index in [1.165, 1.54) is 6.92 Å². The summed E-state index contributed by atoms with van der Waals surface area (Å²) in [5.74, 6) is -1.44. The first kappa shape index (κ1) is 18.8. The molecule has 1 aliphatic rings. The van der Waals surface area contributed by atoms with E-state index in [2.05, 4.69) is 4.99 Å². The highest BCUT2D eigenvalue weighted by Gasteiger charge is 2.59. The van der Waals surface area contributed by atoms with E-state index in [0.29, 0.717) is 5.56 Å². The summed E-state index contributed by atoms with van der Waals surface area (Å²) in [6.45, 7) is 3.23. The molecule has 3 nitrogen and oxygen atoms in total. The van der Waals surface area contributed by atoms with Crippen LogP contribution in [0.4, 0.5) is 0 Å². The largest absolute Gasteiger partial charge is 0.290 e. The summed E-state index contributed by atoms with van der Waals surface area (Å²) in [5.41, 5.74) is 1.16. The Balaban J connectivity index is 2.57. The molecule has 1 aromatic carbocycles. The SMILES string of the molecule is Cc1ccc(C(=O)N=C2C(Cl)=C(Cl)C(=O)C(Cl)(Cl)C2(C)Cl)cc1. The Morgan fingerprint density at radius 2 is 1.57 bits per heavy atom. The Kier molecular flexibility index (Phi) is 5.20. The van der Waals surface area contributed by atoms with Crippen LogP contribution in [0.5, 0.6) is 0 Å². The third-order valence-corrected chi connectivity index (χ3v) is 6.01. The standard InChI is InChI=1S/C15H10Cl5NO2/c1-7-3-5-8(6-4-7)13(23)21-11-9(16)10(17)12(22)15(19,20)14(11,2)18/h3-6H,1-2H3. The molecule has 0 aromatic heterocycles. The number of allylic oxidation sites excluding steroid dienone is 2. The fourth-order valence-electron chi connectivity index (χ4n) is 1.93. The van der Waals surface area contributed by atoms with E-state index in [4.69, 9.17) is 58.0 Å².